The van der Waals surface area contributed by atoms with Crippen molar-refractivity contribution in [1.82, 2.24) is 14.1 Å². The van der Waals surface area contributed by atoms with Crippen LogP contribution in [0.15, 0.2) is 54.6 Å². The normalized spacial score (nSPS) is 24.5. The van der Waals surface area contributed by atoms with Crippen molar-refractivity contribution in [2.45, 2.75) is 50.8 Å². The highest BCUT2D eigenvalue weighted by atomic mass is 32.2. The van der Waals surface area contributed by atoms with E-state index < -0.39 is 15.3 Å². The third kappa shape index (κ3) is 5.36. The molecule has 0 bridgehead atoms. The van der Waals surface area contributed by atoms with Gasteiger partial charge in [-0.1, -0.05) is 42.5 Å². The lowest BCUT2D eigenvalue weighted by atomic mass is 9.76. The van der Waals surface area contributed by atoms with Gasteiger partial charge in [0.25, 0.3) is 0 Å². The molecule has 1 spiro atoms. The molecule has 3 heterocycles. The summed E-state index contributed by atoms with van der Waals surface area (Å²) in [6.45, 7) is 8.74. The third-order valence-corrected chi connectivity index (χ3v) is 11.2. The minimum Gasteiger partial charge on any atom is -0.497 e. The number of amides is 1. The first kappa shape index (κ1) is 27.2. The highest BCUT2D eigenvalue weighted by Gasteiger charge is 2.49. The van der Waals surface area contributed by atoms with Gasteiger partial charge in [0.15, 0.2) is 0 Å². The van der Waals surface area contributed by atoms with Crippen LogP contribution in [0, 0.1) is 11.3 Å². The Labute approximate surface area is 227 Å². The molecule has 2 aromatic rings. The number of likely N-dealkylation sites (tertiary alicyclic amines) is 2. The van der Waals surface area contributed by atoms with Crippen LogP contribution < -0.4 is 4.74 Å². The lowest BCUT2D eigenvalue weighted by Crippen LogP contribution is -2.46. The number of rotatable bonds is 8. The topological polar surface area (TPSA) is 70.2 Å². The third-order valence-electron chi connectivity index (χ3n) is 9.03. The average Bonchev–Trinajstić information content (AvgIpc) is 3.48. The molecule has 0 saturated carbocycles. The summed E-state index contributed by atoms with van der Waals surface area (Å²) in [5, 5.41) is -0.415. The van der Waals surface area contributed by atoms with Gasteiger partial charge in [0.1, 0.15) is 5.75 Å². The molecule has 8 heteroatoms. The highest BCUT2D eigenvalue weighted by Crippen LogP contribution is 2.43. The molecule has 0 aromatic heterocycles. The van der Waals surface area contributed by atoms with Gasteiger partial charge in [0, 0.05) is 38.6 Å². The van der Waals surface area contributed by atoms with Crippen molar-refractivity contribution in [2.24, 2.45) is 11.3 Å². The summed E-state index contributed by atoms with van der Waals surface area (Å²) in [7, 11) is -1.64. The number of hydrogen-bond acceptors (Lipinski definition) is 5. The molecule has 1 amide bonds. The Morgan fingerprint density at radius 2 is 1.61 bits per heavy atom. The molecule has 7 nitrogen and oxygen atoms in total. The van der Waals surface area contributed by atoms with Gasteiger partial charge in [-0.05, 0) is 75.4 Å². The van der Waals surface area contributed by atoms with Crippen LogP contribution in [-0.2, 0) is 21.4 Å². The second-order valence-electron chi connectivity index (χ2n) is 11.6. The fraction of sp³-hybridized carbons (Fsp3) is 0.567. The van der Waals surface area contributed by atoms with E-state index in [4.69, 9.17) is 4.74 Å². The van der Waals surface area contributed by atoms with Crippen LogP contribution in [-0.4, -0.2) is 80.1 Å². The van der Waals surface area contributed by atoms with E-state index in [0.717, 1.165) is 56.8 Å². The van der Waals surface area contributed by atoms with Crippen molar-refractivity contribution in [2.75, 3.05) is 46.4 Å². The molecule has 206 valence electrons. The number of hydrogen-bond donors (Lipinski definition) is 0. The maximum atomic E-state index is 13.5. The number of piperidine rings is 1. The van der Waals surface area contributed by atoms with Crippen molar-refractivity contribution >= 4 is 15.9 Å². The molecule has 1 unspecified atom stereocenters. The number of carbonyl (C=O) groups excluding carboxylic acids is 1. The quantitative estimate of drug-likeness (QED) is 0.508. The summed E-state index contributed by atoms with van der Waals surface area (Å²) in [6, 6.07) is 18.3. The first-order chi connectivity index (χ1) is 18.2. The highest BCUT2D eigenvalue weighted by molar-refractivity contribution is 7.89. The summed E-state index contributed by atoms with van der Waals surface area (Å²) in [4.78, 5) is 18.0. The van der Waals surface area contributed by atoms with Crippen LogP contribution in [0.4, 0.5) is 0 Å². The molecule has 2 aromatic carbocycles. The average molecular weight is 540 g/mol. The summed E-state index contributed by atoms with van der Waals surface area (Å²) in [6.07, 6.45) is 2.68. The second-order valence-corrected chi connectivity index (χ2v) is 14.1. The van der Waals surface area contributed by atoms with Crippen LogP contribution >= 0.6 is 0 Å². The van der Waals surface area contributed by atoms with E-state index in [2.05, 4.69) is 17.0 Å². The Kier molecular flexibility index (Phi) is 7.85. The fourth-order valence-corrected chi connectivity index (χ4v) is 7.92. The van der Waals surface area contributed by atoms with Crippen LogP contribution in [0.5, 0.6) is 5.75 Å². The summed E-state index contributed by atoms with van der Waals surface area (Å²) in [5.74, 6) is 1.55. The van der Waals surface area contributed by atoms with Crippen LogP contribution in [0.2, 0.25) is 0 Å². The van der Waals surface area contributed by atoms with Crippen molar-refractivity contribution in [3.05, 3.63) is 65.7 Å². The van der Waals surface area contributed by atoms with Crippen LogP contribution in [0.1, 0.15) is 50.2 Å². The first-order valence-electron chi connectivity index (χ1n) is 13.9. The van der Waals surface area contributed by atoms with Crippen LogP contribution in [0.25, 0.3) is 0 Å². The zero-order valence-electron chi connectivity index (χ0n) is 22.9. The minimum atomic E-state index is -3.30. The number of nitrogens with zero attached hydrogens (tertiary/aromatic N) is 3. The summed E-state index contributed by atoms with van der Waals surface area (Å²) in [5.41, 5.74) is 2.10. The summed E-state index contributed by atoms with van der Waals surface area (Å²) < 4.78 is 33.0. The first-order valence-corrected chi connectivity index (χ1v) is 15.4. The Balaban J connectivity index is 1.22. The molecule has 3 aliphatic heterocycles. The summed E-state index contributed by atoms with van der Waals surface area (Å²) >= 11 is 0. The van der Waals surface area contributed by atoms with Gasteiger partial charge in [0.2, 0.25) is 15.9 Å². The second kappa shape index (κ2) is 11.0. The molecule has 3 saturated heterocycles. The van der Waals surface area contributed by atoms with Gasteiger partial charge in [-0.25, -0.2) is 12.7 Å². The van der Waals surface area contributed by atoms with E-state index >= 15 is 0 Å². The van der Waals surface area contributed by atoms with Crippen molar-refractivity contribution in [3.8, 4) is 5.75 Å². The monoisotopic (exact) mass is 539 g/mol. The van der Waals surface area contributed by atoms with E-state index in [1.54, 1.807) is 25.3 Å². The maximum Gasteiger partial charge on any atom is 0.229 e. The van der Waals surface area contributed by atoms with E-state index in [1.807, 2.05) is 47.4 Å². The van der Waals surface area contributed by atoms with Gasteiger partial charge in [0.05, 0.1) is 17.8 Å². The molecule has 0 N–H and O–H groups in total. The van der Waals surface area contributed by atoms with Gasteiger partial charge in [-0.15, -0.1) is 0 Å². The van der Waals surface area contributed by atoms with E-state index in [0.29, 0.717) is 25.5 Å². The number of ether oxygens (including phenoxy) is 1. The SMILES string of the molecule is COc1ccc(CN2CCC3(CCN(C[C@H]4CN(S(=O)(=O)C(C)C)CC4c4ccccc4)CC3)C2=O)cc1. The molecular weight excluding hydrogens is 498 g/mol. The van der Waals surface area contributed by atoms with Gasteiger partial charge < -0.3 is 14.5 Å². The van der Waals surface area contributed by atoms with E-state index in [9.17, 15) is 13.2 Å². The minimum absolute atomic E-state index is 0.189. The largest absolute Gasteiger partial charge is 0.497 e. The van der Waals surface area contributed by atoms with Gasteiger partial charge >= 0.3 is 0 Å². The van der Waals surface area contributed by atoms with Gasteiger partial charge in [-0.3, -0.25) is 4.79 Å². The fourth-order valence-electron chi connectivity index (χ4n) is 6.55. The Bertz CT molecular complexity index is 1210. The molecule has 0 radical (unpaired) electrons. The zero-order valence-corrected chi connectivity index (χ0v) is 23.7. The van der Waals surface area contributed by atoms with E-state index in [1.165, 1.54) is 5.56 Å². The Hall–Kier alpha value is -2.42. The van der Waals surface area contributed by atoms with Crippen molar-refractivity contribution in [3.63, 3.8) is 0 Å². The molecule has 3 fully saturated rings. The molecular formula is C30H41N3O4S. The Morgan fingerprint density at radius 3 is 2.24 bits per heavy atom. The maximum absolute atomic E-state index is 13.5. The Morgan fingerprint density at radius 1 is 0.947 bits per heavy atom. The number of sulfonamides is 1. The predicted octanol–water partition coefficient (Wildman–Crippen LogP) is 3.96. The number of carbonyl (C=O) groups is 1. The van der Waals surface area contributed by atoms with Crippen molar-refractivity contribution in [1.29, 1.82) is 0 Å². The van der Waals surface area contributed by atoms with E-state index in [-0.39, 0.29) is 17.3 Å². The molecule has 0 aliphatic carbocycles. The zero-order chi connectivity index (χ0) is 26.9. The van der Waals surface area contributed by atoms with Gasteiger partial charge in [-0.2, -0.15) is 0 Å². The number of methoxy groups -OCH3 is 1. The predicted molar refractivity (Wildman–Crippen MR) is 149 cm³/mol. The number of benzene rings is 2. The van der Waals surface area contributed by atoms with Crippen LogP contribution in [0.3, 0.4) is 0 Å². The molecule has 38 heavy (non-hydrogen) atoms. The lowest BCUT2D eigenvalue weighted by Gasteiger charge is -2.39. The molecule has 2 atom stereocenters. The van der Waals surface area contributed by atoms with Crippen molar-refractivity contribution < 1.29 is 17.9 Å². The smallest absolute Gasteiger partial charge is 0.229 e. The molecule has 3 aliphatic rings. The molecule has 5 rings (SSSR count). The lowest BCUT2D eigenvalue weighted by molar-refractivity contribution is -0.139. The standard InChI is InChI=1S/C30H41N3O4S/c1-23(2)38(35,36)33-21-26(28(22-33)25-7-5-4-6-8-25)20-31-16-13-30(14-17-31)15-18-32(29(30)34)19-24-9-11-27(37-3)12-10-24/h4-12,23,26,28H,13-22H2,1-3H3/t26-,28?/m0/s1.